The molecule has 3 aliphatic heterocycles. The summed E-state index contributed by atoms with van der Waals surface area (Å²) >= 11 is 0. The molecule has 0 N–H and O–H groups in total. The van der Waals surface area contributed by atoms with Gasteiger partial charge in [0.25, 0.3) is 5.91 Å². The van der Waals surface area contributed by atoms with Crippen LogP contribution < -0.4 is 0 Å². The van der Waals surface area contributed by atoms with Crippen molar-refractivity contribution in [3.05, 3.63) is 29.6 Å². The molecule has 4 aliphatic rings. The number of ether oxygens (including phenoxy) is 1. The van der Waals surface area contributed by atoms with E-state index in [-0.39, 0.29) is 23.6 Å². The number of likely N-dealkylation sites (tertiary alicyclic amines) is 2. The summed E-state index contributed by atoms with van der Waals surface area (Å²) in [6, 6.07) is 4.56. The van der Waals surface area contributed by atoms with Crippen LogP contribution in [0.2, 0.25) is 0 Å². The summed E-state index contributed by atoms with van der Waals surface area (Å²) in [5.41, 5.74) is 1.21. The maximum atomic E-state index is 13.2. The molecule has 3 saturated heterocycles. The van der Waals surface area contributed by atoms with Crippen LogP contribution in [0.5, 0.6) is 0 Å². The van der Waals surface area contributed by atoms with Gasteiger partial charge in [-0.2, -0.15) is 0 Å². The normalized spacial score (nSPS) is 25.6. The molecule has 0 bridgehead atoms. The number of unbranched alkanes of at least 4 members (excludes halogenated alkanes) is 1. The average molecular weight is 511 g/mol. The standard InChI is InChI=1S/C30H46N4O3/c1-3-4-12-26-30(37-29(36)34(26)22-24-10-6-5-7-11-24)15-20-32(21-16-30)25-13-18-33(19-14-25)28(35)27-23(2)9-8-17-31-27/h8-9,17,24-26H,3-7,10-16,18-22H2,1-2H3. The van der Waals surface area contributed by atoms with E-state index in [1.165, 1.54) is 32.1 Å². The van der Waals surface area contributed by atoms with Gasteiger partial charge in [0, 0.05) is 57.8 Å². The second-order valence-electron chi connectivity index (χ2n) is 12.0. The van der Waals surface area contributed by atoms with Crippen LogP contribution >= 0.6 is 0 Å². The zero-order chi connectivity index (χ0) is 25.8. The van der Waals surface area contributed by atoms with E-state index in [2.05, 4.69) is 21.7 Å². The maximum absolute atomic E-state index is 13.2. The van der Waals surface area contributed by atoms with Crippen LogP contribution in [0.25, 0.3) is 0 Å². The van der Waals surface area contributed by atoms with Gasteiger partial charge in [-0.25, -0.2) is 4.79 Å². The molecule has 1 aromatic heterocycles. The van der Waals surface area contributed by atoms with Crippen LogP contribution in [0.15, 0.2) is 18.3 Å². The summed E-state index contributed by atoms with van der Waals surface area (Å²) in [5.74, 6) is 0.701. The molecule has 2 amide bonds. The fourth-order valence-electron chi connectivity index (χ4n) is 7.37. The Balaban J connectivity index is 1.17. The molecule has 4 fully saturated rings. The van der Waals surface area contributed by atoms with Crippen molar-refractivity contribution in [3.63, 3.8) is 0 Å². The molecule has 1 atom stereocenters. The second-order valence-corrected chi connectivity index (χ2v) is 12.0. The maximum Gasteiger partial charge on any atom is 0.410 e. The lowest BCUT2D eigenvalue weighted by molar-refractivity contribution is -0.0386. The van der Waals surface area contributed by atoms with Crippen LogP contribution in [0, 0.1) is 12.8 Å². The minimum absolute atomic E-state index is 0.0586. The number of carbonyl (C=O) groups is 2. The highest BCUT2D eigenvalue weighted by molar-refractivity contribution is 5.93. The molecule has 204 valence electrons. The van der Waals surface area contributed by atoms with Crippen molar-refractivity contribution in [1.29, 1.82) is 0 Å². The molecular formula is C30H46N4O3. The lowest BCUT2D eigenvalue weighted by Gasteiger charge is -2.46. The van der Waals surface area contributed by atoms with Gasteiger partial charge < -0.3 is 14.5 Å². The van der Waals surface area contributed by atoms with Gasteiger partial charge in [0.05, 0.1) is 6.04 Å². The van der Waals surface area contributed by atoms with E-state index >= 15 is 0 Å². The molecule has 0 aromatic carbocycles. The van der Waals surface area contributed by atoms with E-state index in [0.717, 1.165) is 83.2 Å². The fourth-order valence-corrected chi connectivity index (χ4v) is 7.37. The Bertz CT molecular complexity index is 931. The van der Waals surface area contributed by atoms with Gasteiger partial charge >= 0.3 is 6.09 Å². The molecule has 7 nitrogen and oxygen atoms in total. The zero-order valence-corrected chi connectivity index (χ0v) is 23.0. The van der Waals surface area contributed by atoms with Gasteiger partial charge in [-0.05, 0) is 56.6 Å². The first-order valence-corrected chi connectivity index (χ1v) is 15.0. The largest absolute Gasteiger partial charge is 0.440 e. The average Bonchev–Trinajstić information content (AvgIpc) is 3.17. The number of rotatable bonds is 7. The zero-order valence-electron chi connectivity index (χ0n) is 23.0. The lowest BCUT2D eigenvalue weighted by atomic mass is 9.80. The number of piperidine rings is 2. The molecule has 1 aromatic rings. The number of hydrogen-bond donors (Lipinski definition) is 0. The van der Waals surface area contributed by atoms with Crippen molar-refractivity contribution < 1.29 is 14.3 Å². The first-order chi connectivity index (χ1) is 18.0. The van der Waals surface area contributed by atoms with Gasteiger partial charge in [0.2, 0.25) is 0 Å². The Morgan fingerprint density at radius 2 is 1.81 bits per heavy atom. The number of amides is 2. The molecule has 37 heavy (non-hydrogen) atoms. The van der Waals surface area contributed by atoms with E-state index in [4.69, 9.17) is 4.74 Å². The van der Waals surface area contributed by atoms with Crippen LogP contribution in [0.3, 0.4) is 0 Å². The Hall–Kier alpha value is -2.15. The molecule has 1 saturated carbocycles. The van der Waals surface area contributed by atoms with Gasteiger partial charge in [0.15, 0.2) is 0 Å². The molecule has 7 heteroatoms. The summed E-state index contributed by atoms with van der Waals surface area (Å²) < 4.78 is 6.30. The number of hydrogen-bond acceptors (Lipinski definition) is 5. The quantitative estimate of drug-likeness (QED) is 0.490. The molecule has 1 spiro atoms. The SMILES string of the molecule is CCCCC1N(CC2CCCCC2)C(=O)OC12CCN(C1CCN(C(=O)c3ncccc3C)CC1)CC2. The minimum Gasteiger partial charge on any atom is -0.440 e. The van der Waals surface area contributed by atoms with Gasteiger partial charge in [-0.3, -0.25) is 14.7 Å². The van der Waals surface area contributed by atoms with Crippen molar-refractivity contribution in [1.82, 2.24) is 19.7 Å². The summed E-state index contributed by atoms with van der Waals surface area (Å²) in [7, 11) is 0. The van der Waals surface area contributed by atoms with Crippen LogP contribution in [-0.2, 0) is 4.74 Å². The van der Waals surface area contributed by atoms with E-state index in [9.17, 15) is 9.59 Å². The summed E-state index contributed by atoms with van der Waals surface area (Å²) in [4.78, 5) is 37.2. The van der Waals surface area contributed by atoms with Crippen molar-refractivity contribution >= 4 is 12.0 Å². The van der Waals surface area contributed by atoms with Crippen LogP contribution in [0.4, 0.5) is 4.79 Å². The molecule has 0 radical (unpaired) electrons. The monoisotopic (exact) mass is 510 g/mol. The fraction of sp³-hybridized carbons (Fsp3) is 0.767. The number of pyridine rings is 1. The molecule has 4 heterocycles. The molecular weight excluding hydrogens is 464 g/mol. The van der Waals surface area contributed by atoms with Crippen molar-refractivity contribution in [2.24, 2.45) is 5.92 Å². The van der Waals surface area contributed by atoms with Gasteiger partial charge in [-0.1, -0.05) is 45.1 Å². The smallest absolute Gasteiger partial charge is 0.410 e. The molecule has 1 aliphatic carbocycles. The third-order valence-electron chi connectivity index (χ3n) is 9.64. The third kappa shape index (κ3) is 5.67. The molecule has 1 unspecified atom stereocenters. The first-order valence-electron chi connectivity index (χ1n) is 15.0. The Morgan fingerprint density at radius 1 is 1.08 bits per heavy atom. The van der Waals surface area contributed by atoms with Gasteiger partial charge in [-0.15, -0.1) is 0 Å². The van der Waals surface area contributed by atoms with Crippen molar-refractivity contribution in [2.75, 3.05) is 32.7 Å². The van der Waals surface area contributed by atoms with Crippen LogP contribution in [0.1, 0.15) is 100 Å². The highest BCUT2D eigenvalue weighted by Crippen LogP contribution is 2.42. The highest BCUT2D eigenvalue weighted by Gasteiger charge is 2.55. The summed E-state index contributed by atoms with van der Waals surface area (Å²) in [6.07, 6.45) is 15.3. The topological polar surface area (TPSA) is 66.0 Å². The van der Waals surface area contributed by atoms with Crippen molar-refractivity contribution in [3.8, 4) is 0 Å². The highest BCUT2D eigenvalue weighted by atomic mass is 16.6. The van der Waals surface area contributed by atoms with Gasteiger partial charge in [0.1, 0.15) is 11.3 Å². The first kappa shape index (κ1) is 26.5. The lowest BCUT2D eigenvalue weighted by Crippen LogP contribution is -2.56. The number of carbonyl (C=O) groups excluding carboxylic acids is 2. The predicted molar refractivity (Wildman–Crippen MR) is 145 cm³/mol. The number of nitrogens with zero attached hydrogens (tertiary/aromatic N) is 4. The minimum atomic E-state index is -0.315. The van der Waals surface area contributed by atoms with Crippen LogP contribution in [-0.4, -0.2) is 82.1 Å². The number of aryl methyl sites for hydroxylation is 1. The second kappa shape index (κ2) is 11.7. The molecule has 5 rings (SSSR count). The van der Waals surface area contributed by atoms with E-state index in [1.807, 2.05) is 24.0 Å². The number of aromatic nitrogens is 1. The Labute approximate surface area is 222 Å². The Kier molecular flexibility index (Phi) is 8.37. The van der Waals surface area contributed by atoms with E-state index in [0.29, 0.717) is 17.7 Å². The van der Waals surface area contributed by atoms with Crippen molar-refractivity contribution in [2.45, 2.75) is 109 Å². The van der Waals surface area contributed by atoms with E-state index in [1.54, 1.807) is 6.20 Å². The summed E-state index contributed by atoms with van der Waals surface area (Å²) in [6.45, 7) is 8.60. The third-order valence-corrected chi connectivity index (χ3v) is 9.64. The summed E-state index contributed by atoms with van der Waals surface area (Å²) in [5, 5.41) is 0. The predicted octanol–water partition coefficient (Wildman–Crippen LogP) is 5.42. The van der Waals surface area contributed by atoms with E-state index < -0.39 is 0 Å². The Morgan fingerprint density at radius 3 is 2.49 bits per heavy atom.